The standard InChI is InChI=1S/C19H21NO2S/c21-19(22)18-7-3-2-6-15(18)14-23-17-10-8-16(9-11-17)20-12-4-1-5-13-20/h2-3,6-11H,1,4-5,12-14H2,(H,21,22). The number of carboxylic acids is 1. The van der Waals surface area contributed by atoms with Crippen molar-refractivity contribution < 1.29 is 9.90 Å². The molecule has 0 bridgehead atoms. The molecule has 0 saturated carbocycles. The van der Waals surface area contributed by atoms with Crippen LogP contribution >= 0.6 is 11.8 Å². The summed E-state index contributed by atoms with van der Waals surface area (Å²) in [5.74, 6) is -0.187. The molecule has 1 N–H and O–H groups in total. The molecule has 1 saturated heterocycles. The fraction of sp³-hybridized carbons (Fsp3) is 0.316. The first-order valence-corrected chi connectivity index (χ1v) is 9.01. The molecule has 120 valence electrons. The highest BCUT2D eigenvalue weighted by molar-refractivity contribution is 7.98. The number of rotatable bonds is 5. The Hall–Kier alpha value is -1.94. The van der Waals surface area contributed by atoms with Crippen LogP contribution in [0.5, 0.6) is 0 Å². The first-order valence-electron chi connectivity index (χ1n) is 8.03. The number of nitrogens with zero attached hydrogens (tertiary/aromatic N) is 1. The zero-order valence-electron chi connectivity index (χ0n) is 13.1. The summed E-state index contributed by atoms with van der Waals surface area (Å²) in [7, 11) is 0. The minimum atomic E-state index is -0.860. The van der Waals surface area contributed by atoms with Gasteiger partial charge in [0.2, 0.25) is 0 Å². The fourth-order valence-electron chi connectivity index (χ4n) is 2.92. The fourth-order valence-corrected chi connectivity index (χ4v) is 3.82. The molecule has 1 heterocycles. The van der Waals surface area contributed by atoms with Gasteiger partial charge in [-0.05, 0) is 55.2 Å². The Morgan fingerprint density at radius 3 is 2.39 bits per heavy atom. The first kappa shape index (κ1) is 15.9. The van der Waals surface area contributed by atoms with Crippen LogP contribution < -0.4 is 4.90 Å². The molecular weight excluding hydrogens is 306 g/mol. The molecule has 2 aromatic carbocycles. The van der Waals surface area contributed by atoms with Crippen molar-refractivity contribution in [2.45, 2.75) is 29.9 Å². The van der Waals surface area contributed by atoms with E-state index in [1.54, 1.807) is 23.9 Å². The van der Waals surface area contributed by atoms with Gasteiger partial charge in [0.15, 0.2) is 0 Å². The van der Waals surface area contributed by atoms with Gasteiger partial charge in [-0.2, -0.15) is 0 Å². The summed E-state index contributed by atoms with van der Waals surface area (Å²) >= 11 is 1.68. The molecule has 1 fully saturated rings. The van der Waals surface area contributed by atoms with E-state index in [0.717, 1.165) is 18.7 Å². The Labute approximate surface area is 141 Å². The van der Waals surface area contributed by atoms with E-state index in [1.807, 2.05) is 12.1 Å². The van der Waals surface area contributed by atoms with Gasteiger partial charge in [0.05, 0.1) is 5.56 Å². The van der Waals surface area contributed by atoms with Crippen molar-refractivity contribution in [3.63, 3.8) is 0 Å². The number of thioether (sulfide) groups is 1. The van der Waals surface area contributed by atoms with E-state index in [-0.39, 0.29) is 0 Å². The number of carboxylic acid groups (broad SMARTS) is 1. The molecule has 1 aliphatic rings. The van der Waals surface area contributed by atoms with E-state index < -0.39 is 5.97 Å². The highest BCUT2D eigenvalue weighted by Crippen LogP contribution is 2.27. The van der Waals surface area contributed by atoms with Crippen LogP contribution in [0, 0.1) is 0 Å². The molecule has 23 heavy (non-hydrogen) atoms. The lowest BCUT2D eigenvalue weighted by Crippen LogP contribution is -2.29. The van der Waals surface area contributed by atoms with Crippen molar-refractivity contribution in [2.24, 2.45) is 0 Å². The summed E-state index contributed by atoms with van der Waals surface area (Å²) in [5.41, 5.74) is 2.55. The minimum absolute atomic E-state index is 0.393. The smallest absolute Gasteiger partial charge is 0.335 e. The number of carbonyl (C=O) groups is 1. The van der Waals surface area contributed by atoms with E-state index >= 15 is 0 Å². The van der Waals surface area contributed by atoms with Crippen LogP contribution in [-0.2, 0) is 5.75 Å². The Kier molecular flexibility index (Phi) is 5.23. The minimum Gasteiger partial charge on any atom is -0.478 e. The van der Waals surface area contributed by atoms with Crippen molar-refractivity contribution >= 4 is 23.4 Å². The van der Waals surface area contributed by atoms with Gasteiger partial charge in [-0.3, -0.25) is 0 Å². The Morgan fingerprint density at radius 1 is 1.00 bits per heavy atom. The molecule has 0 amide bonds. The molecule has 0 aliphatic carbocycles. The highest BCUT2D eigenvalue weighted by Gasteiger charge is 2.11. The van der Waals surface area contributed by atoms with Crippen molar-refractivity contribution in [1.29, 1.82) is 0 Å². The second kappa shape index (κ2) is 7.55. The lowest BCUT2D eigenvalue weighted by atomic mass is 10.1. The molecule has 0 radical (unpaired) electrons. The third-order valence-electron chi connectivity index (χ3n) is 4.20. The van der Waals surface area contributed by atoms with Gasteiger partial charge >= 0.3 is 5.97 Å². The van der Waals surface area contributed by atoms with Crippen LogP contribution in [0.2, 0.25) is 0 Å². The maximum absolute atomic E-state index is 11.2. The number of hydrogen-bond donors (Lipinski definition) is 1. The summed E-state index contributed by atoms with van der Waals surface area (Å²) in [4.78, 5) is 14.9. The normalized spacial score (nSPS) is 14.7. The van der Waals surface area contributed by atoms with E-state index in [1.165, 1.54) is 29.8 Å². The molecule has 3 rings (SSSR count). The molecule has 0 aromatic heterocycles. The topological polar surface area (TPSA) is 40.5 Å². The highest BCUT2D eigenvalue weighted by atomic mass is 32.2. The van der Waals surface area contributed by atoms with E-state index in [4.69, 9.17) is 0 Å². The average Bonchev–Trinajstić information content (AvgIpc) is 2.61. The molecule has 0 spiro atoms. The third-order valence-corrected chi connectivity index (χ3v) is 5.26. The second-order valence-electron chi connectivity index (χ2n) is 5.79. The SMILES string of the molecule is O=C(O)c1ccccc1CSc1ccc(N2CCCCC2)cc1. The molecule has 0 atom stereocenters. The van der Waals surface area contributed by atoms with E-state index in [0.29, 0.717) is 11.3 Å². The van der Waals surface area contributed by atoms with Crippen LogP contribution in [0.25, 0.3) is 0 Å². The molecule has 2 aromatic rings. The maximum Gasteiger partial charge on any atom is 0.335 e. The Bertz CT molecular complexity index is 663. The number of aromatic carboxylic acids is 1. The summed E-state index contributed by atoms with van der Waals surface area (Å²) < 4.78 is 0. The molecule has 3 nitrogen and oxygen atoms in total. The van der Waals surface area contributed by atoms with Crippen LogP contribution in [-0.4, -0.2) is 24.2 Å². The van der Waals surface area contributed by atoms with Gasteiger partial charge < -0.3 is 10.0 Å². The molecule has 1 aliphatic heterocycles. The number of benzene rings is 2. The van der Waals surface area contributed by atoms with Gasteiger partial charge in [0, 0.05) is 29.4 Å². The number of piperidine rings is 1. The first-order chi connectivity index (χ1) is 11.2. The van der Waals surface area contributed by atoms with Gasteiger partial charge in [0.1, 0.15) is 0 Å². The molecular formula is C19H21NO2S. The van der Waals surface area contributed by atoms with Crippen LogP contribution in [0.1, 0.15) is 35.2 Å². The number of anilines is 1. The summed E-state index contributed by atoms with van der Waals surface area (Å²) in [5, 5.41) is 9.23. The van der Waals surface area contributed by atoms with Crippen molar-refractivity contribution in [3.05, 3.63) is 59.7 Å². The lowest BCUT2D eigenvalue weighted by molar-refractivity contribution is 0.0696. The zero-order chi connectivity index (χ0) is 16.1. The van der Waals surface area contributed by atoms with Crippen LogP contribution in [0.4, 0.5) is 5.69 Å². The van der Waals surface area contributed by atoms with E-state index in [2.05, 4.69) is 29.2 Å². The van der Waals surface area contributed by atoms with Gasteiger partial charge in [0.25, 0.3) is 0 Å². The summed E-state index contributed by atoms with van der Waals surface area (Å²) in [6.45, 7) is 2.30. The maximum atomic E-state index is 11.2. The third kappa shape index (κ3) is 4.08. The zero-order valence-corrected chi connectivity index (χ0v) is 13.9. The van der Waals surface area contributed by atoms with Crippen molar-refractivity contribution in [1.82, 2.24) is 0 Å². The monoisotopic (exact) mass is 327 g/mol. The predicted molar refractivity (Wildman–Crippen MR) is 95.5 cm³/mol. The predicted octanol–water partition coefficient (Wildman–Crippen LogP) is 4.67. The molecule has 0 unspecified atom stereocenters. The average molecular weight is 327 g/mol. The quantitative estimate of drug-likeness (QED) is 0.810. The Balaban J connectivity index is 1.64. The number of hydrogen-bond acceptors (Lipinski definition) is 3. The van der Waals surface area contributed by atoms with Gasteiger partial charge in [-0.25, -0.2) is 4.79 Å². The molecule has 4 heteroatoms. The van der Waals surface area contributed by atoms with E-state index in [9.17, 15) is 9.90 Å². The van der Waals surface area contributed by atoms with Gasteiger partial charge in [-0.15, -0.1) is 11.8 Å². The summed E-state index contributed by atoms with van der Waals surface area (Å²) in [6.07, 6.45) is 3.90. The summed E-state index contributed by atoms with van der Waals surface area (Å²) in [6, 6.07) is 15.8. The van der Waals surface area contributed by atoms with Crippen molar-refractivity contribution in [2.75, 3.05) is 18.0 Å². The lowest BCUT2D eigenvalue weighted by Gasteiger charge is -2.28. The second-order valence-corrected chi connectivity index (χ2v) is 6.84. The Morgan fingerprint density at radius 2 is 1.70 bits per heavy atom. The van der Waals surface area contributed by atoms with Crippen LogP contribution in [0.15, 0.2) is 53.4 Å². The van der Waals surface area contributed by atoms with Crippen LogP contribution in [0.3, 0.4) is 0 Å². The van der Waals surface area contributed by atoms with Gasteiger partial charge in [-0.1, -0.05) is 18.2 Å². The largest absolute Gasteiger partial charge is 0.478 e. The van der Waals surface area contributed by atoms with Crippen molar-refractivity contribution in [3.8, 4) is 0 Å².